The topological polar surface area (TPSA) is 87.7 Å². The van der Waals surface area contributed by atoms with Crippen molar-refractivity contribution in [2.45, 2.75) is 43.9 Å². The molecule has 1 heterocycles. The first-order chi connectivity index (χ1) is 15.8. The molecule has 0 aliphatic carbocycles. The number of rotatable bonds is 7. The second kappa shape index (κ2) is 11.9. The van der Waals surface area contributed by atoms with Crippen LogP contribution < -0.4 is 15.4 Å². The largest absolute Gasteiger partial charge is 0.493 e. The molecule has 0 spiro atoms. The SMILES string of the molecule is CCCOc1ccc(Br)cc1C(=O)NC(=S)Nc1ccc(S(=O)(=O)N2CCCCCC2)cc1. The number of carbonyl (C=O) groups is 1. The Hall–Kier alpha value is -2.01. The molecule has 1 amide bonds. The molecule has 178 valence electrons. The summed E-state index contributed by atoms with van der Waals surface area (Å²) in [6.07, 6.45) is 4.71. The van der Waals surface area contributed by atoms with Crippen LogP contribution in [0.5, 0.6) is 5.75 Å². The Morgan fingerprint density at radius 3 is 2.39 bits per heavy atom. The summed E-state index contributed by atoms with van der Waals surface area (Å²) in [5.74, 6) is 0.0729. The highest BCUT2D eigenvalue weighted by atomic mass is 79.9. The lowest BCUT2D eigenvalue weighted by atomic mass is 10.2. The highest BCUT2D eigenvalue weighted by Crippen LogP contribution is 2.24. The molecule has 1 saturated heterocycles. The van der Waals surface area contributed by atoms with Gasteiger partial charge in [0.05, 0.1) is 17.1 Å². The van der Waals surface area contributed by atoms with E-state index in [4.69, 9.17) is 17.0 Å². The number of sulfonamides is 1. The molecule has 0 saturated carbocycles. The standard InChI is InChI=1S/C23H28BrN3O4S2/c1-2-15-31-21-12-7-17(24)16-20(21)22(28)26-23(32)25-18-8-10-19(11-9-18)33(29,30)27-13-5-3-4-6-14-27/h7-12,16H,2-6,13-15H2,1H3,(H2,25,26,28,32). The number of ether oxygens (including phenoxy) is 1. The van der Waals surface area contributed by atoms with Gasteiger partial charge in [-0.25, -0.2) is 8.42 Å². The summed E-state index contributed by atoms with van der Waals surface area (Å²) in [7, 11) is -3.52. The zero-order valence-electron chi connectivity index (χ0n) is 18.5. The van der Waals surface area contributed by atoms with Crippen molar-refractivity contribution in [3.05, 3.63) is 52.5 Å². The Labute approximate surface area is 209 Å². The van der Waals surface area contributed by atoms with Crippen LogP contribution in [0.2, 0.25) is 0 Å². The van der Waals surface area contributed by atoms with E-state index in [-0.39, 0.29) is 10.0 Å². The van der Waals surface area contributed by atoms with Gasteiger partial charge in [0.1, 0.15) is 5.75 Å². The van der Waals surface area contributed by atoms with Gasteiger partial charge in [-0.05, 0) is 73.9 Å². The molecule has 0 bridgehead atoms. The lowest BCUT2D eigenvalue weighted by Crippen LogP contribution is -2.34. The van der Waals surface area contributed by atoms with Crippen LogP contribution in [-0.4, -0.2) is 43.4 Å². The Kier molecular flexibility index (Phi) is 9.25. The van der Waals surface area contributed by atoms with E-state index in [0.29, 0.717) is 36.7 Å². The molecular weight excluding hydrogens is 526 g/mol. The van der Waals surface area contributed by atoms with Crippen molar-refractivity contribution in [1.29, 1.82) is 0 Å². The number of halogens is 1. The van der Waals surface area contributed by atoms with Gasteiger partial charge in [-0.1, -0.05) is 35.7 Å². The Morgan fingerprint density at radius 1 is 1.09 bits per heavy atom. The minimum Gasteiger partial charge on any atom is -0.493 e. The zero-order chi connectivity index (χ0) is 23.8. The predicted molar refractivity (Wildman–Crippen MR) is 137 cm³/mol. The first-order valence-electron chi connectivity index (χ1n) is 11.0. The molecule has 10 heteroatoms. The van der Waals surface area contributed by atoms with Crippen LogP contribution in [0.25, 0.3) is 0 Å². The second-order valence-electron chi connectivity index (χ2n) is 7.74. The molecule has 2 aromatic carbocycles. The maximum absolute atomic E-state index is 12.9. The molecule has 1 aliphatic rings. The van der Waals surface area contributed by atoms with E-state index in [1.807, 2.05) is 6.92 Å². The summed E-state index contributed by atoms with van der Waals surface area (Å²) in [5, 5.41) is 5.67. The van der Waals surface area contributed by atoms with E-state index in [2.05, 4.69) is 26.6 Å². The number of nitrogens with zero attached hydrogens (tertiary/aromatic N) is 1. The van der Waals surface area contributed by atoms with Crippen molar-refractivity contribution in [2.75, 3.05) is 25.0 Å². The number of hydrogen-bond donors (Lipinski definition) is 2. The van der Waals surface area contributed by atoms with Gasteiger partial charge in [0, 0.05) is 23.2 Å². The molecule has 33 heavy (non-hydrogen) atoms. The van der Waals surface area contributed by atoms with Crippen molar-refractivity contribution in [3.8, 4) is 5.75 Å². The summed E-state index contributed by atoms with van der Waals surface area (Å²) in [6.45, 7) is 3.59. The van der Waals surface area contributed by atoms with E-state index in [9.17, 15) is 13.2 Å². The molecule has 0 aromatic heterocycles. The summed E-state index contributed by atoms with van der Waals surface area (Å²) in [4.78, 5) is 13.0. The van der Waals surface area contributed by atoms with Crippen molar-refractivity contribution in [3.63, 3.8) is 0 Å². The van der Waals surface area contributed by atoms with Crippen LogP contribution in [0.1, 0.15) is 49.4 Å². The van der Waals surface area contributed by atoms with Gasteiger partial charge < -0.3 is 10.1 Å². The molecule has 1 aliphatic heterocycles. The summed E-state index contributed by atoms with van der Waals surface area (Å²) < 4.78 is 33.8. The first kappa shape index (κ1) is 25.6. The van der Waals surface area contributed by atoms with E-state index in [0.717, 1.165) is 36.6 Å². The van der Waals surface area contributed by atoms with Gasteiger partial charge in [0.15, 0.2) is 5.11 Å². The van der Waals surface area contributed by atoms with Gasteiger partial charge in [-0.3, -0.25) is 10.1 Å². The normalized spacial score (nSPS) is 14.8. The van der Waals surface area contributed by atoms with Gasteiger partial charge in [0.2, 0.25) is 10.0 Å². The van der Waals surface area contributed by atoms with Crippen LogP contribution in [0.15, 0.2) is 51.8 Å². The number of anilines is 1. The van der Waals surface area contributed by atoms with Crippen LogP contribution >= 0.6 is 28.1 Å². The Morgan fingerprint density at radius 2 is 1.76 bits per heavy atom. The van der Waals surface area contributed by atoms with Crippen molar-refractivity contribution >= 4 is 54.9 Å². The fraction of sp³-hybridized carbons (Fsp3) is 0.391. The Bertz CT molecular complexity index is 1080. The molecule has 3 rings (SSSR count). The molecule has 2 aromatic rings. The van der Waals surface area contributed by atoms with E-state index < -0.39 is 15.9 Å². The average molecular weight is 555 g/mol. The summed E-state index contributed by atoms with van der Waals surface area (Å²) >= 11 is 8.65. The number of thiocarbonyl (C=S) groups is 1. The molecular formula is C23H28BrN3O4S2. The highest BCUT2D eigenvalue weighted by Gasteiger charge is 2.25. The van der Waals surface area contributed by atoms with Gasteiger partial charge in [0.25, 0.3) is 5.91 Å². The predicted octanol–water partition coefficient (Wildman–Crippen LogP) is 4.93. The number of benzene rings is 2. The van der Waals surface area contributed by atoms with E-state index in [1.54, 1.807) is 46.8 Å². The van der Waals surface area contributed by atoms with Crippen LogP contribution in [-0.2, 0) is 10.0 Å². The Balaban J connectivity index is 1.64. The number of carbonyl (C=O) groups excluding carboxylic acids is 1. The average Bonchev–Trinajstić information content (AvgIpc) is 3.09. The molecule has 2 N–H and O–H groups in total. The van der Waals surface area contributed by atoms with Crippen molar-refractivity contribution in [1.82, 2.24) is 9.62 Å². The van der Waals surface area contributed by atoms with E-state index >= 15 is 0 Å². The third-order valence-electron chi connectivity index (χ3n) is 5.19. The lowest BCUT2D eigenvalue weighted by Gasteiger charge is -2.20. The lowest BCUT2D eigenvalue weighted by molar-refractivity contribution is 0.0973. The minimum atomic E-state index is -3.52. The van der Waals surface area contributed by atoms with Crippen molar-refractivity contribution in [2.24, 2.45) is 0 Å². The highest BCUT2D eigenvalue weighted by molar-refractivity contribution is 9.10. The van der Waals surface area contributed by atoms with Gasteiger partial charge in [-0.2, -0.15) is 4.31 Å². The monoisotopic (exact) mass is 553 g/mol. The smallest absolute Gasteiger partial charge is 0.261 e. The van der Waals surface area contributed by atoms with Crippen LogP contribution in [0, 0.1) is 0 Å². The van der Waals surface area contributed by atoms with Gasteiger partial charge in [-0.15, -0.1) is 0 Å². The quantitative estimate of drug-likeness (QED) is 0.472. The fourth-order valence-electron chi connectivity index (χ4n) is 3.49. The molecule has 1 fully saturated rings. The maximum Gasteiger partial charge on any atom is 0.261 e. The maximum atomic E-state index is 12.9. The zero-order valence-corrected chi connectivity index (χ0v) is 21.7. The molecule has 0 unspecified atom stereocenters. The summed E-state index contributed by atoms with van der Waals surface area (Å²) in [6, 6.07) is 11.6. The number of hydrogen-bond acceptors (Lipinski definition) is 5. The van der Waals surface area contributed by atoms with E-state index in [1.165, 1.54) is 0 Å². The molecule has 0 atom stereocenters. The molecule has 0 radical (unpaired) electrons. The molecule has 7 nitrogen and oxygen atoms in total. The van der Waals surface area contributed by atoms with Crippen LogP contribution in [0.3, 0.4) is 0 Å². The number of amides is 1. The third kappa shape index (κ3) is 6.99. The van der Waals surface area contributed by atoms with Gasteiger partial charge >= 0.3 is 0 Å². The fourth-order valence-corrected chi connectivity index (χ4v) is 5.58. The van der Waals surface area contributed by atoms with Crippen molar-refractivity contribution < 1.29 is 17.9 Å². The number of nitrogens with one attached hydrogen (secondary N) is 2. The second-order valence-corrected chi connectivity index (χ2v) is 11.0. The minimum absolute atomic E-state index is 0.101. The van der Waals surface area contributed by atoms with Crippen LogP contribution in [0.4, 0.5) is 5.69 Å². The third-order valence-corrected chi connectivity index (χ3v) is 7.80. The summed E-state index contributed by atoms with van der Waals surface area (Å²) in [5.41, 5.74) is 0.938. The first-order valence-corrected chi connectivity index (χ1v) is 13.6.